The molecule has 2 heterocycles. The number of morpholine rings is 1. The summed E-state index contributed by atoms with van der Waals surface area (Å²) in [6.45, 7) is 0.629. The van der Waals surface area contributed by atoms with E-state index in [2.05, 4.69) is 0 Å². The van der Waals surface area contributed by atoms with Crippen LogP contribution in [0.15, 0.2) is 23.1 Å². The van der Waals surface area contributed by atoms with Crippen LogP contribution in [0.4, 0.5) is 10.1 Å². The van der Waals surface area contributed by atoms with E-state index in [1.54, 1.807) is 0 Å². The van der Waals surface area contributed by atoms with Crippen molar-refractivity contribution in [3.63, 3.8) is 0 Å². The average Bonchev–Trinajstić information content (AvgIpc) is 2.71. The summed E-state index contributed by atoms with van der Waals surface area (Å²) in [5.41, 5.74) is 5.23. The maximum Gasteiger partial charge on any atom is 0.245 e. The molecule has 5 nitrogen and oxygen atoms in total. The maximum atomic E-state index is 13.4. The molecule has 2 bridgehead atoms. The molecule has 2 aliphatic rings. The number of halogens is 1. The van der Waals surface area contributed by atoms with Gasteiger partial charge in [-0.15, -0.1) is 0 Å². The van der Waals surface area contributed by atoms with Gasteiger partial charge in [-0.25, -0.2) is 12.8 Å². The number of nitrogen functional groups attached to an aromatic ring is 1. The lowest BCUT2D eigenvalue weighted by molar-refractivity contribution is -0.0114. The third-order valence-corrected chi connectivity index (χ3v) is 5.53. The van der Waals surface area contributed by atoms with Crippen molar-refractivity contribution >= 4 is 15.7 Å². The van der Waals surface area contributed by atoms with Crippen molar-refractivity contribution in [3.8, 4) is 0 Å². The normalized spacial score (nSPS) is 27.6. The van der Waals surface area contributed by atoms with Crippen LogP contribution in [0.25, 0.3) is 0 Å². The Morgan fingerprint density at radius 2 is 1.89 bits per heavy atom. The Kier molecular flexibility index (Phi) is 2.99. The highest BCUT2D eigenvalue weighted by molar-refractivity contribution is 7.89. The van der Waals surface area contributed by atoms with Gasteiger partial charge in [0.05, 0.1) is 17.9 Å². The van der Waals surface area contributed by atoms with Gasteiger partial charge >= 0.3 is 0 Å². The molecule has 1 aromatic rings. The minimum Gasteiger partial charge on any atom is -0.395 e. The summed E-state index contributed by atoms with van der Waals surface area (Å²) in [6.07, 6.45) is 1.64. The van der Waals surface area contributed by atoms with E-state index in [4.69, 9.17) is 10.5 Å². The van der Waals surface area contributed by atoms with Crippen LogP contribution in [0.1, 0.15) is 12.8 Å². The van der Waals surface area contributed by atoms with Crippen LogP contribution in [-0.4, -0.2) is 38.0 Å². The van der Waals surface area contributed by atoms with Gasteiger partial charge in [-0.1, -0.05) is 6.07 Å². The van der Waals surface area contributed by atoms with Gasteiger partial charge in [-0.2, -0.15) is 4.31 Å². The lowest BCUT2D eigenvalue weighted by Gasteiger charge is -2.31. The van der Waals surface area contributed by atoms with Crippen LogP contribution in [0, 0.1) is 5.82 Å². The summed E-state index contributed by atoms with van der Waals surface area (Å²) in [6, 6.07) is 3.84. The fraction of sp³-hybridized carbons (Fsp3) is 0.500. The van der Waals surface area contributed by atoms with Crippen LogP contribution < -0.4 is 5.73 Å². The summed E-state index contributed by atoms with van der Waals surface area (Å²) in [5, 5.41) is 0. The topological polar surface area (TPSA) is 72.6 Å². The molecule has 0 radical (unpaired) electrons. The molecule has 104 valence electrons. The first-order valence-electron chi connectivity index (χ1n) is 6.18. The second-order valence-corrected chi connectivity index (χ2v) is 6.84. The molecule has 7 heteroatoms. The smallest absolute Gasteiger partial charge is 0.245 e. The number of benzene rings is 1. The van der Waals surface area contributed by atoms with E-state index in [9.17, 15) is 12.8 Å². The van der Waals surface area contributed by atoms with Gasteiger partial charge in [0, 0.05) is 13.1 Å². The predicted octanol–water partition coefficient (Wildman–Crippen LogP) is 0.960. The van der Waals surface area contributed by atoms with Crippen LogP contribution in [0.5, 0.6) is 0 Å². The third kappa shape index (κ3) is 2.11. The van der Waals surface area contributed by atoms with E-state index in [1.807, 2.05) is 0 Å². The summed E-state index contributed by atoms with van der Waals surface area (Å²) in [5.74, 6) is -0.711. The molecular weight excluding hydrogens is 271 g/mol. The average molecular weight is 286 g/mol. The van der Waals surface area contributed by atoms with Gasteiger partial charge in [0.15, 0.2) is 0 Å². The van der Waals surface area contributed by atoms with Crippen molar-refractivity contribution in [2.24, 2.45) is 0 Å². The first-order valence-corrected chi connectivity index (χ1v) is 7.62. The number of nitrogens with two attached hydrogens (primary N) is 1. The molecule has 0 spiro atoms. The van der Waals surface area contributed by atoms with Crippen LogP contribution in [0.2, 0.25) is 0 Å². The number of hydrogen-bond acceptors (Lipinski definition) is 4. The highest BCUT2D eigenvalue weighted by atomic mass is 32.2. The molecule has 0 amide bonds. The second-order valence-electron chi connectivity index (χ2n) is 4.93. The Labute approximate surface area is 111 Å². The molecule has 2 N–H and O–H groups in total. The lowest BCUT2D eigenvalue weighted by atomic mass is 10.2. The molecule has 3 rings (SSSR count). The van der Waals surface area contributed by atoms with Gasteiger partial charge < -0.3 is 10.5 Å². The number of fused-ring (bicyclic) bond motifs is 2. The molecule has 2 atom stereocenters. The van der Waals surface area contributed by atoms with E-state index in [0.717, 1.165) is 18.9 Å². The molecule has 19 heavy (non-hydrogen) atoms. The van der Waals surface area contributed by atoms with Crippen molar-refractivity contribution in [1.82, 2.24) is 4.31 Å². The van der Waals surface area contributed by atoms with E-state index in [1.165, 1.54) is 16.4 Å². The van der Waals surface area contributed by atoms with Gasteiger partial charge in [-0.3, -0.25) is 0 Å². The molecule has 1 aromatic carbocycles. The van der Waals surface area contributed by atoms with E-state index < -0.39 is 15.8 Å². The summed E-state index contributed by atoms with van der Waals surface area (Å²) < 4.78 is 45.4. The van der Waals surface area contributed by atoms with Crippen molar-refractivity contribution in [2.45, 2.75) is 29.9 Å². The lowest BCUT2D eigenvalue weighted by Crippen LogP contribution is -2.45. The number of rotatable bonds is 2. The molecule has 2 fully saturated rings. The number of hydrogen-bond donors (Lipinski definition) is 1. The van der Waals surface area contributed by atoms with Crippen LogP contribution >= 0.6 is 0 Å². The zero-order valence-corrected chi connectivity index (χ0v) is 11.1. The first-order chi connectivity index (χ1) is 8.98. The molecule has 0 aromatic heterocycles. The quantitative estimate of drug-likeness (QED) is 0.822. The van der Waals surface area contributed by atoms with Crippen molar-refractivity contribution in [3.05, 3.63) is 24.0 Å². The molecular formula is C12H15FN2O3S. The molecule has 0 saturated carbocycles. The second kappa shape index (κ2) is 4.43. The first kappa shape index (κ1) is 12.8. The number of anilines is 1. The zero-order valence-electron chi connectivity index (χ0n) is 10.3. The van der Waals surface area contributed by atoms with Crippen LogP contribution in [0.3, 0.4) is 0 Å². The minimum atomic E-state index is -3.75. The van der Waals surface area contributed by atoms with Gasteiger partial charge in [0.25, 0.3) is 0 Å². The fourth-order valence-electron chi connectivity index (χ4n) is 2.65. The highest BCUT2D eigenvalue weighted by Gasteiger charge is 2.40. The Bertz CT molecular complexity index is 593. The summed E-state index contributed by atoms with van der Waals surface area (Å²) in [7, 11) is -3.75. The largest absolute Gasteiger partial charge is 0.395 e. The number of sulfonamides is 1. The van der Waals surface area contributed by atoms with Gasteiger partial charge in [-0.05, 0) is 25.0 Å². The summed E-state index contributed by atoms with van der Waals surface area (Å²) >= 11 is 0. The van der Waals surface area contributed by atoms with Crippen molar-refractivity contribution in [1.29, 1.82) is 0 Å². The minimum absolute atomic E-state index is 0.0525. The zero-order chi connectivity index (χ0) is 13.6. The van der Waals surface area contributed by atoms with Gasteiger partial charge in [0.1, 0.15) is 10.7 Å². The van der Waals surface area contributed by atoms with E-state index >= 15 is 0 Å². The molecule has 2 saturated heterocycles. The molecule has 2 aliphatic heterocycles. The summed E-state index contributed by atoms with van der Waals surface area (Å²) in [4.78, 5) is -0.159. The Morgan fingerprint density at radius 3 is 2.53 bits per heavy atom. The van der Waals surface area contributed by atoms with Crippen molar-refractivity contribution in [2.75, 3.05) is 18.8 Å². The SMILES string of the molecule is Nc1c(F)cccc1S(=O)(=O)N1CC2CCC(C1)O2. The maximum absolute atomic E-state index is 13.4. The van der Waals surface area contributed by atoms with Crippen molar-refractivity contribution < 1.29 is 17.5 Å². The monoisotopic (exact) mass is 286 g/mol. The van der Waals surface area contributed by atoms with E-state index in [0.29, 0.717) is 13.1 Å². The number of ether oxygens (including phenoxy) is 1. The third-order valence-electron chi connectivity index (χ3n) is 3.64. The van der Waals surface area contributed by atoms with E-state index in [-0.39, 0.29) is 22.8 Å². The Balaban J connectivity index is 1.96. The predicted molar refractivity (Wildman–Crippen MR) is 67.5 cm³/mol. The standard InChI is InChI=1S/C12H15FN2O3S/c13-10-2-1-3-11(12(10)14)19(16,17)15-6-8-4-5-9(7-15)18-8/h1-3,8-9H,4-7,14H2. The highest BCUT2D eigenvalue weighted by Crippen LogP contribution is 2.31. The molecule has 2 unspecified atom stereocenters. The Morgan fingerprint density at radius 1 is 1.26 bits per heavy atom. The van der Waals surface area contributed by atoms with Crippen LogP contribution in [-0.2, 0) is 14.8 Å². The Hall–Kier alpha value is -1.18. The van der Waals surface area contributed by atoms with Gasteiger partial charge in [0.2, 0.25) is 10.0 Å². The number of nitrogens with zero attached hydrogens (tertiary/aromatic N) is 1. The fourth-order valence-corrected chi connectivity index (χ4v) is 4.28. The molecule has 0 aliphatic carbocycles. The number of para-hydroxylation sites is 1.